The van der Waals surface area contributed by atoms with Gasteiger partial charge in [-0.15, -0.1) is 0 Å². The van der Waals surface area contributed by atoms with Gasteiger partial charge in [0.25, 0.3) is 0 Å². The third-order valence-electron chi connectivity index (χ3n) is 5.11. The summed E-state index contributed by atoms with van der Waals surface area (Å²) in [5.41, 5.74) is 0.790. The third kappa shape index (κ3) is 6.79. The maximum Gasteiger partial charge on any atom is 0.325 e. The summed E-state index contributed by atoms with van der Waals surface area (Å²) >= 11 is 0. The van der Waals surface area contributed by atoms with Crippen molar-refractivity contribution in [3.8, 4) is 5.75 Å². The first-order valence-electron chi connectivity index (χ1n) is 9.81. The topological polar surface area (TPSA) is 62.2 Å². The highest BCUT2D eigenvalue weighted by Gasteiger charge is 2.28. The molecule has 6 nitrogen and oxygen atoms in total. The second-order valence-corrected chi connectivity index (χ2v) is 7.69. The molecule has 1 atom stereocenters. The summed E-state index contributed by atoms with van der Waals surface area (Å²) in [5.74, 6) is 0.482. The van der Waals surface area contributed by atoms with Gasteiger partial charge in [0.2, 0.25) is 0 Å². The van der Waals surface area contributed by atoms with Gasteiger partial charge in [0, 0.05) is 20.2 Å². The molecule has 0 aromatic heterocycles. The van der Waals surface area contributed by atoms with Crippen molar-refractivity contribution in [2.45, 2.75) is 38.8 Å². The summed E-state index contributed by atoms with van der Waals surface area (Å²) in [6.07, 6.45) is 2.30. The van der Waals surface area contributed by atoms with Crippen LogP contribution in [0.3, 0.4) is 0 Å². The summed E-state index contributed by atoms with van der Waals surface area (Å²) in [4.78, 5) is 16.3. The molecule has 2 rings (SSSR count). The number of hydrogen-bond acceptors (Lipinski definition) is 5. The van der Waals surface area contributed by atoms with Crippen LogP contribution in [0.2, 0.25) is 0 Å². The number of rotatable bonds is 10. The van der Waals surface area contributed by atoms with Crippen molar-refractivity contribution in [1.29, 1.82) is 0 Å². The zero-order valence-corrected chi connectivity index (χ0v) is 17.1. The number of likely N-dealkylation sites (tertiary alicyclic amines) is 1. The quantitative estimate of drug-likeness (QED) is 0.675. The first kappa shape index (κ1) is 21.7. The molecule has 27 heavy (non-hydrogen) atoms. The van der Waals surface area contributed by atoms with Crippen LogP contribution in [0.1, 0.15) is 38.3 Å². The van der Waals surface area contributed by atoms with Gasteiger partial charge in [-0.2, -0.15) is 0 Å². The van der Waals surface area contributed by atoms with Gasteiger partial charge in [-0.05, 0) is 70.4 Å². The van der Waals surface area contributed by atoms with Gasteiger partial charge >= 0.3 is 5.97 Å². The second kappa shape index (κ2) is 10.6. The molecule has 1 aliphatic rings. The molecule has 1 fully saturated rings. The van der Waals surface area contributed by atoms with E-state index in [1.165, 1.54) is 0 Å². The molecule has 1 aromatic carbocycles. The number of hydrogen-bond donors (Lipinski definition) is 1. The number of nitrogens with zero attached hydrogens (tertiary/aromatic N) is 2. The van der Waals surface area contributed by atoms with Gasteiger partial charge in [0.1, 0.15) is 11.8 Å². The van der Waals surface area contributed by atoms with Crippen molar-refractivity contribution in [1.82, 2.24) is 9.80 Å². The van der Waals surface area contributed by atoms with Crippen LogP contribution in [0.4, 0.5) is 0 Å². The fraction of sp³-hybridized carbons (Fsp3) is 0.667. The van der Waals surface area contributed by atoms with Crippen molar-refractivity contribution in [2.75, 3.05) is 46.9 Å². The maximum atomic E-state index is 11.9. The van der Waals surface area contributed by atoms with Crippen LogP contribution in [0, 0.1) is 5.92 Å². The third-order valence-corrected chi connectivity index (χ3v) is 5.11. The Morgan fingerprint density at radius 2 is 1.89 bits per heavy atom. The fourth-order valence-electron chi connectivity index (χ4n) is 3.71. The van der Waals surface area contributed by atoms with Gasteiger partial charge in [0.15, 0.2) is 0 Å². The highest BCUT2D eigenvalue weighted by molar-refractivity contribution is 5.75. The summed E-state index contributed by atoms with van der Waals surface area (Å²) in [6, 6.07) is 6.80. The van der Waals surface area contributed by atoms with E-state index < -0.39 is 12.0 Å². The van der Waals surface area contributed by atoms with Gasteiger partial charge < -0.3 is 19.5 Å². The zero-order valence-electron chi connectivity index (χ0n) is 17.1. The number of likely N-dealkylation sites (N-methyl/N-ethyl adjacent to an activating group) is 1. The zero-order chi connectivity index (χ0) is 19.8. The Bertz CT molecular complexity index is 568. The molecule has 0 saturated carbocycles. The number of carbonyl (C=O) groups is 1. The average Bonchev–Trinajstić information content (AvgIpc) is 2.62. The predicted molar refractivity (Wildman–Crippen MR) is 106 cm³/mol. The van der Waals surface area contributed by atoms with Crippen LogP contribution in [0.15, 0.2) is 24.3 Å². The molecule has 1 heterocycles. The van der Waals surface area contributed by atoms with Crippen molar-refractivity contribution in [2.24, 2.45) is 5.92 Å². The number of ether oxygens (including phenoxy) is 2. The van der Waals surface area contributed by atoms with Crippen molar-refractivity contribution in [3.63, 3.8) is 0 Å². The number of benzene rings is 1. The highest BCUT2D eigenvalue weighted by atomic mass is 16.5. The first-order chi connectivity index (χ1) is 12.9. The minimum absolute atomic E-state index is 0.101. The highest BCUT2D eigenvalue weighted by Crippen LogP contribution is 2.26. The summed E-state index contributed by atoms with van der Waals surface area (Å²) in [6.45, 7) is 8.59. The molecule has 0 aliphatic carbocycles. The summed E-state index contributed by atoms with van der Waals surface area (Å²) < 4.78 is 10.8. The molecule has 0 radical (unpaired) electrons. The van der Waals surface area contributed by atoms with Gasteiger partial charge in [-0.3, -0.25) is 9.69 Å². The summed E-state index contributed by atoms with van der Waals surface area (Å²) in [5, 5.41) is 9.79. The van der Waals surface area contributed by atoms with E-state index in [9.17, 15) is 9.90 Å². The normalized spacial score (nSPS) is 17.4. The Balaban J connectivity index is 1.93. The predicted octanol–water partition coefficient (Wildman–Crippen LogP) is 2.89. The number of carboxylic acids is 1. The van der Waals surface area contributed by atoms with Gasteiger partial charge in [0.05, 0.1) is 12.7 Å². The molecule has 152 valence electrons. The minimum atomic E-state index is -0.812. The van der Waals surface area contributed by atoms with E-state index in [4.69, 9.17) is 9.47 Å². The molecular formula is C21H34N2O4. The molecule has 1 aromatic rings. The molecule has 1 aliphatic heterocycles. The van der Waals surface area contributed by atoms with E-state index in [-0.39, 0.29) is 6.10 Å². The Morgan fingerprint density at radius 3 is 2.41 bits per heavy atom. The van der Waals surface area contributed by atoms with Crippen molar-refractivity contribution >= 4 is 5.97 Å². The van der Waals surface area contributed by atoms with Crippen LogP contribution >= 0.6 is 0 Å². The van der Waals surface area contributed by atoms with Crippen LogP contribution in [-0.4, -0.2) is 73.9 Å². The lowest BCUT2D eigenvalue weighted by molar-refractivity contribution is -0.143. The van der Waals surface area contributed by atoms with Crippen LogP contribution in [0.25, 0.3) is 0 Å². The van der Waals surface area contributed by atoms with E-state index in [2.05, 4.69) is 4.90 Å². The van der Waals surface area contributed by atoms with Gasteiger partial charge in [-0.25, -0.2) is 0 Å². The number of methoxy groups -OCH3 is 1. The smallest absolute Gasteiger partial charge is 0.325 e. The van der Waals surface area contributed by atoms with E-state index in [0.29, 0.717) is 5.92 Å². The largest absolute Gasteiger partial charge is 0.491 e. The van der Waals surface area contributed by atoms with E-state index in [1.807, 2.05) is 50.1 Å². The average molecular weight is 379 g/mol. The van der Waals surface area contributed by atoms with E-state index in [1.54, 1.807) is 7.11 Å². The van der Waals surface area contributed by atoms with E-state index >= 15 is 0 Å². The Hall–Kier alpha value is -1.63. The fourth-order valence-corrected chi connectivity index (χ4v) is 3.71. The summed E-state index contributed by atoms with van der Waals surface area (Å²) in [7, 11) is 3.64. The lowest BCUT2D eigenvalue weighted by atomic mass is 9.95. The van der Waals surface area contributed by atoms with Gasteiger partial charge in [-0.1, -0.05) is 12.1 Å². The molecule has 0 spiro atoms. The molecule has 0 amide bonds. The Morgan fingerprint density at radius 1 is 1.26 bits per heavy atom. The lowest BCUT2D eigenvalue weighted by Crippen LogP contribution is -2.41. The maximum absolute atomic E-state index is 11.9. The van der Waals surface area contributed by atoms with E-state index in [0.717, 1.165) is 56.9 Å². The second-order valence-electron chi connectivity index (χ2n) is 7.69. The van der Waals surface area contributed by atoms with Crippen LogP contribution in [0.5, 0.6) is 5.75 Å². The minimum Gasteiger partial charge on any atom is -0.491 e. The molecule has 0 bridgehead atoms. The van der Waals surface area contributed by atoms with Crippen molar-refractivity contribution < 1.29 is 19.4 Å². The van der Waals surface area contributed by atoms with Crippen molar-refractivity contribution in [3.05, 3.63) is 29.8 Å². The molecule has 1 unspecified atom stereocenters. The number of aliphatic carboxylic acids is 1. The van der Waals surface area contributed by atoms with Crippen LogP contribution in [-0.2, 0) is 9.53 Å². The molecular weight excluding hydrogens is 344 g/mol. The Kier molecular flexibility index (Phi) is 8.54. The lowest BCUT2D eigenvalue weighted by Gasteiger charge is -2.35. The molecule has 6 heteroatoms. The molecule has 1 saturated heterocycles. The molecule has 1 N–H and O–H groups in total. The Labute approximate surface area is 163 Å². The van der Waals surface area contributed by atoms with Crippen LogP contribution < -0.4 is 4.74 Å². The standard InChI is InChI=1S/C21H34N2O4/c1-16(2)27-19-7-5-18(6-8-19)20(21(24)25)22(3)15-17-9-11-23(12-10-17)13-14-26-4/h5-8,16-17,20H,9-15H2,1-4H3,(H,24,25). The number of piperidine rings is 1. The number of carboxylic acid groups (broad SMARTS) is 1. The SMILES string of the molecule is COCCN1CCC(CN(C)C(C(=O)O)c2ccc(OC(C)C)cc2)CC1. The monoisotopic (exact) mass is 378 g/mol. The first-order valence-corrected chi connectivity index (χ1v) is 9.81.